The van der Waals surface area contributed by atoms with Gasteiger partial charge in [0.15, 0.2) is 0 Å². The Morgan fingerprint density at radius 1 is 0.273 bits per heavy atom. The molecule has 2 heteroatoms. The quantitative estimate of drug-likeness (QED) is 0.144. The molecule has 12 aromatic rings. The van der Waals surface area contributed by atoms with Crippen LogP contribution in [0.5, 0.6) is 0 Å². The highest BCUT2D eigenvalue weighted by molar-refractivity contribution is 6.17. The van der Waals surface area contributed by atoms with Crippen LogP contribution in [0.25, 0.3) is 99.5 Å². The van der Waals surface area contributed by atoms with E-state index in [2.05, 4.69) is 260 Å². The monoisotopic (exact) mass is 841 g/mol. The molecule has 12 rings (SSSR count). The molecule has 1 heterocycles. The summed E-state index contributed by atoms with van der Waals surface area (Å²) < 4.78 is 6.79. The lowest BCUT2D eigenvalue weighted by Crippen LogP contribution is -2.10. The Kier molecular flexibility index (Phi) is 9.89. The zero-order chi connectivity index (χ0) is 43.8. The molecule has 0 atom stereocenters. The lowest BCUT2D eigenvalue weighted by atomic mass is 9.93. The van der Waals surface area contributed by atoms with Gasteiger partial charge in [-0.1, -0.05) is 212 Å². The first-order chi connectivity index (χ1) is 32.7. The molecule has 0 aliphatic carbocycles. The average molecular weight is 842 g/mol. The maximum atomic E-state index is 6.79. The van der Waals surface area contributed by atoms with Crippen LogP contribution in [-0.2, 0) is 0 Å². The number of benzene rings is 11. The number of hydrogen-bond donors (Lipinski definition) is 0. The van der Waals surface area contributed by atoms with Gasteiger partial charge >= 0.3 is 0 Å². The third-order valence-electron chi connectivity index (χ3n) is 12.9. The number of anilines is 3. The number of fused-ring (bicyclic) bond motifs is 4. The molecule has 0 fully saturated rings. The highest BCUT2D eigenvalue weighted by Gasteiger charge is 2.23. The summed E-state index contributed by atoms with van der Waals surface area (Å²) >= 11 is 0. The van der Waals surface area contributed by atoms with Crippen molar-refractivity contribution in [2.75, 3.05) is 4.90 Å². The molecule has 1 aromatic heterocycles. The third kappa shape index (κ3) is 7.12. The fraction of sp³-hybridized carbons (Fsp3) is 0. The van der Waals surface area contributed by atoms with E-state index >= 15 is 0 Å². The molecule has 0 N–H and O–H groups in total. The van der Waals surface area contributed by atoms with Gasteiger partial charge in [0.1, 0.15) is 11.2 Å². The Bertz CT molecular complexity index is 3660. The summed E-state index contributed by atoms with van der Waals surface area (Å²) in [5, 5.41) is 4.65. The number of rotatable bonds is 9. The molecule has 0 radical (unpaired) electrons. The highest BCUT2D eigenvalue weighted by Crippen LogP contribution is 2.47. The lowest BCUT2D eigenvalue weighted by molar-refractivity contribution is 0.670. The van der Waals surface area contributed by atoms with Crippen molar-refractivity contribution in [3.63, 3.8) is 0 Å². The summed E-state index contributed by atoms with van der Waals surface area (Å²) in [6.07, 6.45) is 0. The van der Waals surface area contributed by atoms with E-state index in [0.29, 0.717) is 0 Å². The molecule has 0 aliphatic heterocycles. The van der Waals surface area contributed by atoms with Crippen molar-refractivity contribution in [3.8, 4) is 66.8 Å². The Morgan fingerprint density at radius 3 is 1.44 bits per heavy atom. The number of para-hydroxylation sites is 1. The van der Waals surface area contributed by atoms with Crippen molar-refractivity contribution in [3.05, 3.63) is 261 Å². The van der Waals surface area contributed by atoms with Crippen LogP contribution in [0.1, 0.15) is 0 Å². The van der Waals surface area contributed by atoms with Crippen LogP contribution >= 0.6 is 0 Å². The van der Waals surface area contributed by atoms with Gasteiger partial charge in [0.05, 0.1) is 11.1 Å². The molecule has 0 bridgehead atoms. The van der Waals surface area contributed by atoms with E-state index in [1.54, 1.807) is 0 Å². The lowest BCUT2D eigenvalue weighted by Gasteiger charge is -2.27. The van der Waals surface area contributed by atoms with Gasteiger partial charge in [0.2, 0.25) is 0 Å². The van der Waals surface area contributed by atoms with E-state index in [1.807, 2.05) is 6.07 Å². The normalized spacial score (nSPS) is 11.3. The van der Waals surface area contributed by atoms with Crippen LogP contribution in [0.2, 0.25) is 0 Å². The SMILES string of the molecule is c1ccc(-c2ccc(-c3ccccc3-c3ccc(N(c4ccc(-c5cccc(-c6cccc7ccccc67)c5)cc4)c4ccc(-c5ccccc5)c5oc6ccccc6c45)cc3)cc2)cc1. The minimum Gasteiger partial charge on any atom is -0.455 e. The molecule has 2 nitrogen and oxygen atoms in total. The molecule has 0 amide bonds. The van der Waals surface area contributed by atoms with Crippen molar-refractivity contribution in [2.45, 2.75) is 0 Å². The molecule has 0 saturated carbocycles. The van der Waals surface area contributed by atoms with Crippen LogP contribution < -0.4 is 4.90 Å². The van der Waals surface area contributed by atoms with Gasteiger partial charge in [-0.3, -0.25) is 0 Å². The zero-order valence-electron chi connectivity index (χ0n) is 36.2. The number of nitrogens with zero attached hydrogens (tertiary/aromatic N) is 1. The predicted octanol–water partition coefficient (Wildman–Crippen LogP) is 18.2. The Labute approximate surface area is 384 Å². The van der Waals surface area contributed by atoms with Crippen molar-refractivity contribution >= 4 is 49.8 Å². The average Bonchev–Trinajstić information content (AvgIpc) is 3.80. The van der Waals surface area contributed by atoms with E-state index in [1.165, 1.54) is 55.3 Å². The maximum Gasteiger partial charge on any atom is 0.145 e. The first-order valence-electron chi connectivity index (χ1n) is 22.6. The van der Waals surface area contributed by atoms with Crippen molar-refractivity contribution < 1.29 is 4.42 Å². The molecule has 11 aromatic carbocycles. The number of furan rings is 1. The molecule has 66 heavy (non-hydrogen) atoms. The fourth-order valence-corrected chi connectivity index (χ4v) is 9.67. The van der Waals surface area contributed by atoms with Crippen molar-refractivity contribution in [1.29, 1.82) is 0 Å². The zero-order valence-corrected chi connectivity index (χ0v) is 36.2. The second-order valence-electron chi connectivity index (χ2n) is 16.8. The largest absolute Gasteiger partial charge is 0.455 e. The maximum absolute atomic E-state index is 6.79. The Morgan fingerprint density at radius 2 is 0.727 bits per heavy atom. The fourth-order valence-electron chi connectivity index (χ4n) is 9.67. The summed E-state index contributed by atoms with van der Waals surface area (Å²) in [7, 11) is 0. The standard InChI is InChI=1S/C64H43NO/c1-3-15-44(16-4-1)45-29-31-49(32-30-45)56-24-9-10-25-57(56)50-35-39-54(40-36-50)65(61-42-41-59(48-17-5-2-6-18-48)64-63(61)60-26-11-12-28-62(60)66-64)53-37-33-46(34-38-53)51-21-13-22-52(43-51)58-27-14-20-47-19-7-8-23-55(47)58/h1-43H. The van der Waals surface area contributed by atoms with E-state index in [4.69, 9.17) is 4.42 Å². The van der Waals surface area contributed by atoms with Gasteiger partial charge < -0.3 is 9.32 Å². The smallest absolute Gasteiger partial charge is 0.145 e. The first-order valence-corrected chi connectivity index (χ1v) is 22.6. The van der Waals surface area contributed by atoms with E-state index < -0.39 is 0 Å². The van der Waals surface area contributed by atoms with Crippen LogP contribution in [0.3, 0.4) is 0 Å². The van der Waals surface area contributed by atoms with Gasteiger partial charge in [-0.25, -0.2) is 0 Å². The Hall–Kier alpha value is -8.72. The van der Waals surface area contributed by atoms with Crippen molar-refractivity contribution in [1.82, 2.24) is 0 Å². The first kappa shape index (κ1) is 38.9. The number of hydrogen-bond acceptors (Lipinski definition) is 2. The van der Waals surface area contributed by atoms with Crippen molar-refractivity contribution in [2.24, 2.45) is 0 Å². The van der Waals surface area contributed by atoms with Crippen LogP contribution in [-0.4, -0.2) is 0 Å². The molecule has 0 unspecified atom stereocenters. The summed E-state index contributed by atoms with van der Waals surface area (Å²) in [6, 6.07) is 93.7. The van der Waals surface area contributed by atoms with E-state index in [0.717, 1.165) is 61.3 Å². The molecule has 310 valence electrons. The summed E-state index contributed by atoms with van der Waals surface area (Å²) in [4.78, 5) is 2.38. The van der Waals surface area contributed by atoms with E-state index in [-0.39, 0.29) is 0 Å². The highest BCUT2D eigenvalue weighted by atomic mass is 16.3. The molecular weight excluding hydrogens is 799 g/mol. The van der Waals surface area contributed by atoms with Gasteiger partial charge in [-0.2, -0.15) is 0 Å². The summed E-state index contributed by atoms with van der Waals surface area (Å²) in [6.45, 7) is 0. The molecule has 0 aliphatic rings. The second kappa shape index (κ2) is 16.8. The van der Waals surface area contributed by atoms with Crippen LogP contribution in [0.4, 0.5) is 17.1 Å². The molecule has 0 spiro atoms. The van der Waals surface area contributed by atoms with Gasteiger partial charge in [0, 0.05) is 22.3 Å². The summed E-state index contributed by atoms with van der Waals surface area (Å²) in [5.74, 6) is 0. The topological polar surface area (TPSA) is 16.4 Å². The van der Waals surface area contributed by atoms with Crippen LogP contribution in [0, 0.1) is 0 Å². The summed E-state index contributed by atoms with van der Waals surface area (Å²) in [5.41, 5.74) is 19.0. The van der Waals surface area contributed by atoms with Gasteiger partial charge in [0.25, 0.3) is 0 Å². The minimum absolute atomic E-state index is 0.863. The Balaban J connectivity index is 0.970. The minimum atomic E-state index is 0.863. The van der Waals surface area contributed by atoms with E-state index in [9.17, 15) is 0 Å². The predicted molar refractivity (Wildman–Crippen MR) is 279 cm³/mol. The van der Waals surface area contributed by atoms with Gasteiger partial charge in [-0.15, -0.1) is 0 Å². The third-order valence-corrected chi connectivity index (χ3v) is 12.9. The molecular formula is C64H43NO. The second-order valence-corrected chi connectivity index (χ2v) is 16.8. The van der Waals surface area contributed by atoms with Crippen LogP contribution in [0.15, 0.2) is 265 Å². The van der Waals surface area contributed by atoms with Gasteiger partial charge in [-0.05, 0) is 121 Å². The molecule has 0 saturated heterocycles.